The predicted molar refractivity (Wildman–Crippen MR) is 80.5 cm³/mol. The van der Waals surface area contributed by atoms with Crippen LogP contribution in [0.3, 0.4) is 0 Å². The van der Waals surface area contributed by atoms with Gasteiger partial charge in [-0.15, -0.1) is 0 Å². The normalized spacial score (nSPS) is 17.2. The Hall–Kier alpha value is -2.55. The van der Waals surface area contributed by atoms with E-state index < -0.39 is 24.3 Å². The molecule has 25 heavy (non-hydrogen) atoms. The first-order valence-corrected chi connectivity index (χ1v) is 7.51. The van der Waals surface area contributed by atoms with Crippen LogP contribution in [-0.2, 0) is 32.0 Å². The van der Waals surface area contributed by atoms with E-state index in [0.717, 1.165) is 10.9 Å². The second kappa shape index (κ2) is 6.40. The van der Waals surface area contributed by atoms with Gasteiger partial charge in [-0.05, 0) is 18.1 Å². The van der Waals surface area contributed by atoms with Crippen LogP contribution >= 0.6 is 0 Å². The van der Waals surface area contributed by atoms with Gasteiger partial charge in [-0.2, -0.15) is 13.2 Å². The summed E-state index contributed by atoms with van der Waals surface area (Å²) < 4.78 is 48.5. The largest absolute Gasteiger partial charge is 0.490 e. The highest BCUT2D eigenvalue weighted by atomic mass is 19.4. The maximum absolute atomic E-state index is 12.6. The van der Waals surface area contributed by atoms with Gasteiger partial charge in [0.25, 0.3) is 0 Å². The number of nitrogens with zero attached hydrogens (tertiary/aromatic N) is 1. The van der Waals surface area contributed by atoms with Gasteiger partial charge in [0.05, 0.1) is 12.8 Å². The number of rotatable bonds is 3. The first kappa shape index (κ1) is 17.3. The first-order chi connectivity index (χ1) is 11.8. The van der Waals surface area contributed by atoms with E-state index in [2.05, 4.69) is 14.8 Å². The molecular formula is C16H15F3N2O4. The molecule has 0 radical (unpaired) electrons. The lowest BCUT2D eigenvalue weighted by molar-refractivity contribution is -0.207. The van der Waals surface area contributed by atoms with Crippen molar-refractivity contribution in [3.63, 3.8) is 0 Å². The van der Waals surface area contributed by atoms with Crippen molar-refractivity contribution >= 4 is 22.8 Å². The molecule has 1 aliphatic heterocycles. The molecule has 0 spiro atoms. The Labute approximate surface area is 140 Å². The Bertz CT molecular complexity index is 829. The number of esters is 2. The molecule has 1 aliphatic rings. The Morgan fingerprint density at radius 3 is 2.72 bits per heavy atom. The van der Waals surface area contributed by atoms with Crippen LogP contribution in [0.1, 0.15) is 17.5 Å². The number of carbonyl (C=O) groups excluding carboxylic acids is 2. The van der Waals surface area contributed by atoms with E-state index in [0.29, 0.717) is 24.2 Å². The van der Waals surface area contributed by atoms with Gasteiger partial charge in [-0.1, -0.05) is 18.2 Å². The maximum Gasteiger partial charge on any atom is 0.490 e. The zero-order valence-electron chi connectivity index (χ0n) is 13.2. The van der Waals surface area contributed by atoms with Crippen molar-refractivity contribution in [2.24, 2.45) is 0 Å². The van der Waals surface area contributed by atoms with Gasteiger partial charge in [-0.25, -0.2) is 4.79 Å². The highest BCUT2D eigenvalue weighted by Gasteiger charge is 2.43. The zero-order valence-corrected chi connectivity index (χ0v) is 13.2. The van der Waals surface area contributed by atoms with Crippen LogP contribution in [0, 0.1) is 0 Å². The Balaban J connectivity index is 2.10. The molecule has 9 heteroatoms. The maximum atomic E-state index is 12.6. The number of para-hydroxylation sites is 1. The van der Waals surface area contributed by atoms with Gasteiger partial charge in [0.2, 0.25) is 0 Å². The molecule has 0 aliphatic carbocycles. The minimum Gasteiger partial charge on any atom is -0.468 e. The number of alkyl halides is 3. The lowest BCUT2D eigenvalue weighted by Crippen LogP contribution is -2.38. The van der Waals surface area contributed by atoms with Crippen molar-refractivity contribution in [3.05, 3.63) is 35.5 Å². The third-order valence-electron chi connectivity index (χ3n) is 4.04. The third-order valence-corrected chi connectivity index (χ3v) is 4.04. The molecule has 2 aromatic rings. The summed E-state index contributed by atoms with van der Waals surface area (Å²) in [5.74, 6) is -2.84. The second-order valence-electron chi connectivity index (χ2n) is 5.53. The Kier molecular flexibility index (Phi) is 4.42. The van der Waals surface area contributed by atoms with Crippen LogP contribution < -0.4 is 5.32 Å². The highest BCUT2D eigenvalue weighted by Crippen LogP contribution is 2.35. The average Bonchev–Trinajstić information content (AvgIpc) is 2.89. The van der Waals surface area contributed by atoms with Crippen LogP contribution in [-0.4, -0.2) is 36.3 Å². The molecule has 2 heterocycles. The van der Waals surface area contributed by atoms with E-state index in [-0.39, 0.29) is 6.54 Å². The molecule has 1 aromatic heterocycles. The highest BCUT2D eigenvalue weighted by molar-refractivity contribution is 5.87. The number of halogens is 3. The average molecular weight is 356 g/mol. The third kappa shape index (κ3) is 3.19. The number of nitrogens with one attached hydrogen (secondary N) is 1. The number of fused-ring (bicyclic) bond motifs is 3. The number of hydrogen-bond donors (Lipinski definition) is 1. The van der Waals surface area contributed by atoms with Gasteiger partial charge in [0, 0.05) is 17.4 Å². The monoisotopic (exact) mass is 356 g/mol. The second-order valence-corrected chi connectivity index (χ2v) is 5.53. The number of aromatic nitrogens is 1. The van der Waals surface area contributed by atoms with Gasteiger partial charge < -0.3 is 14.0 Å². The van der Waals surface area contributed by atoms with E-state index in [1.54, 1.807) is 18.2 Å². The minimum absolute atomic E-state index is 0.200. The molecule has 0 saturated carbocycles. The number of benzene rings is 1. The van der Waals surface area contributed by atoms with Crippen molar-refractivity contribution in [2.75, 3.05) is 13.7 Å². The minimum atomic E-state index is -5.10. The molecule has 6 nitrogen and oxygen atoms in total. The van der Waals surface area contributed by atoms with Crippen molar-refractivity contribution in [1.82, 2.24) is 9.88 Å². The van der Waals surface area contributed by atoms with E-state index in [1.807, 2.05) is 6.07 Å². The summed E-state index contributed by atoms with van der Waals surface area (Å²) in [4.78, 5) is 23.0. The van der Waals surface area contributed by atoms with E-state index in [4.69, 9.17) is 0 Å². The summed E-state index contributed by atoms with van der Waals surface area (Å²) in [6.07, 6.45) is -5.86. The van der Waals surface area contributed by atoms with Gasteiger partial charge in [0.15, 0.2) is 6.23 Å². The van der Waals surface area contributed by atoms with E-state index in [9.17, 15) is 22.8 Å². The molecule has 1 unspecified atom stereocenters. The summed E-state index contributed by atoms with van der Waals surface area (Å²) in [7, 11) is 1.22. The molecule has 134 valence electrons. The number of methoxy groups -OCH3 is 1. The van der Waals surface area contributed by atoms with Crippen LogP contribution in [0.2, 0.25) is 0 Å². The summed E-state index contributed by atoms with van der Waals surface area (Å²) >= 11 is 0. The fraction of sp³-hybridized carbons (Fsp3) is 0.375. The van der Waals surface area contributed by atoms with E-state index >= 15 is 0 Å². The topological polar surface area (TPSA) is 69.6 Å². The fourth-order valence-corrected chi connectivity index (χ4v) is 3.02. The van der Waals surface area contributed by atoms with Crippen LogP contribution in [0.15, 0.2) is 24.3 Å². The van der Waals surface area contributed by atoms with Gasteiger partial charge in [-0.3, -0.25) is 10.1 Å². The van der Waals surface area contributed by atoms with Gasteiger partial charge >= 0.3 is 18.1 Å². The van der Waals surface area contributed by atoms with Crippen molar-refractivity contribution < 1.29 is 32.2 Å². The molecule has 0 fully saturated rings. The standard InChI is InChI=1S/C16H15F3N2O4/c1-24-12(22)8-21-11-5-3-2-4-9(11)10-6-7-20-14(13(10)21)25-15(23)16(17,18)19/h2-5,14,20H,6-8H2,1H3. The number of hydrogen-bond acceptors (Lipinski definition) is 5. The van der Waals surface area contributed by atoms with Crippen molar-refractivity contribution in [1.29, 1.82) is 0 Å². The molecular weight excluding hydrogens is 341 g/mol. The Morgan fingerprint density at radius 1 is 1.32 bits per heavy atom. The quantitative estimate of drug-likeness (QED) is 0.853. The number of ether oxygens (including phenoxy) is 2. The SMILES string of the molecule is COC(=O)Cn1c2c(c3ccccc31)CCNC2OC(=O)C(F)(F)F. The van der Waals surface area contributed by atoms with E-state index in [1.165, 1.54) is 11.7 Å². The zero-order chi connectivity index (χ0) is 18.2. The Morgan fingerprint density at radius 2 is 2.04 bits per heavy atom. The summed E-state index contributed by atoms with van der Waals surface area (Å²) in [6, 6.07) is 7.12. The predicted octanol–water partition coefficient (Wildman–Crippen LogP) is 2.06. The van der Waals surface area contributed by atoms with Crippen molar-refractivity contribution in [3.8, 4) is 0 Å². The first-order valence-electron chi connectivity index (χ1n) is 7.51. The lowest BCUT2D eigenvalue weighted by Gasteiger charge is -2.26. The molecule has 3 rings (SSSR count). The number of carbonyl (C=O) groups is 2. The van der Waals surface area contributed by atoms with Crippen LogP contribution in [0.25, 0.3) is 10.9 Å². The summed E-state index contributed by atoms with van der Waals surface area (Å²) in [5, 5.41) is 3.56. The lowest BCUT2D eigenvalue weighted by atomic mass is 10.0. The van der Waals surface area contributed by atoms with Gasteiger partial charge in [0.1, 0.15) is 6.54 Å². The van der Waals surface area contributed by atoms with Crippen LogP contribution in [0.5, 0.6) is 0 Å². The summed E-state index contributed by atoms with van der Waals surface area (Å²) in [6.45, 7) is 0.142. The molecule has 1 N–H and O–H groups in total. The summed E-state index contributed by atoms with van der Waals surface area (Å²) in [5.41, 5.74) is 1.74. The van der Waals surface area contributed by atoms with Crippen molar-refractivity contribution in [2.45, 2.75) is 25.4 Å². The molecule has 0 saturated heterocycles. The molecule has 1 aromatic carbocycles. The van der Waals surface area contributed by atoms with Crippen LogP contribution in [0.4, 0.5) is 13.2 Å². The smallest absolute Gasteiger partial charge is 0.468 e. The molecule has 0 bridgehead atoms. The molecule has 0 amide bonds. The fourth-order valence-electron chi connectivity index (χ4n) is 3.02. The molecule has 1 atom stereocenters.